The molecule has 2 aliphatic rings. The van der Waals surface area contributed by atoms with Crippen LogP contribution >= 0.6 is 0 Å². The van der Waals surface area contributed by atoms with E-state index in [2.05, 4.69) is 25.9 Å². The highest BCUT2D eigenvalue weighted by atomic mass is 16.1. The van der Waals surface area contributed by atoms with Gasteiger partial charge in [0.25, 0.3) is 5.56 Å². The SMILES string of the molecule is CC(c1ccc(C(N)=O)cc1)n1[nH]c2c(c1=O)[C@H]1CC[C@]2(C)C1(C)C. The zero-order chi connectivity index (χ0) is 18.1. The van der Waals surface area contributed by atoms with Crippen LogP contribution in [0, 0.1) is 5.41 Å². The van der Waals surface area contributed by atoms with Crippen LogP contribution in [-0.4, -0.2) is 15.7 Å². The van der Waals surface area contributed by atoms with Gasteiger partial charge < -0.3 is 5.73 Å². The van der Waals surface area contributed by atoms with Crippen LogP contribution in [0.1, 0.15) is 79.7 Å². The van der Waals surface area contributed by atoms with Gasteiger partial charge in [-0.25, -0.2) is 4.68 Å². The fourth-order valence-electron chi connectivity index (χ4n) is 5.01. The van der Waals surface area contributed by atoms with Gasteiger partial charge >= 0.3 is 0 Å². The van der Waals surface area contributed by atoms with E-state index in [9.17, 15) is 9.59 Å². The average molecular weight is 339 g/mol. The van der Waals surface area contributed by atoms with Crippen LogP contribution < -0.4 is 11.3 Å². The maximum Gasteiger partial charge on any atom is 0.270 e. The van der Waals surface area contributed by atoms with Crippen LogP contribution in [0.5, 0.6) is 0 Å². The van der Waals surface area contributed by atoms with E-state index < -0.39 is 5.91 Å². The zero-order valence-electron chi connectivity index (χ0n) is 15.2. The number of hydrogen-bond donors (Lipinski definition) is 2. The first-order chi connectivity index (χ1) is 11.7. The number of rotatable bonds is 3. The Morgan fingerprint density at radius 3 is 2.48 bits per heavy atom. The Bertz CT molecular complexity index is 919. The number of nitrogens with zero attached hydrogens (tertiary/aromatic N) is 1. The maximum atomic E-state index is 13.1. The number of aromatic amines is 1. The number of carbonyl (C=O) groups is 1. The molecule has 1 amide bonds. The van der Waals surface area contributed by atoms with Crippen molar-refractivity contribution in [3.05, 3.63) is 57.0 Å². The molecule has 0 saturated heterocycles. The zero-order valence-corrected chi connectivity index (χ0v) is 15.2. The van der Waals surface area contributed by atoms with E-state index in [4.69, 9.17) is 5.73 Å². The molecule has 5 nitrogen and oxygen atoms in total. The van der Waals surface area contributed by atoms with Crippen molar-refractivity contribution in [2.24, 2.45) is 11.1 Å². The molecule has 0 radical (unpaired) electrons. The molecule has 25 heavy (non-hydrogen) atoms. The molecule has 1 aromatic carbocycles. The summed E-state index contributed by atoms with van der Waals surface area (Å²) < 4.78 is 1.75. The summed E-state index contributed by atoms with van der Waals surface area (Å²) in [6.45, 7) is 8.86. The van der Waals surface area contributed by atoms with Gasteiger partial charge in [-0.15, -0.1) is 0 Å². The molecule has 1 aromatic heterocycles. The van der Waals surface area contributed by atoms with E-state index in [-0.39, 0.29) is 22.4 Å². The number of hydrogen-bond acceptors (Lipinski definition) is 2. The molecule has 3 atom stereocenters. The molecule has 1 fully saturated rings. The van der Waals surface area contributed by atoms with Crippen LogP contribution in [0.25, 0.3) is 0 Å². The fraction of sp³-hybridized carbons (Fsp3) is 0.500. The molecule has 2 aromatic rings. The maximum absolute atomic E-state index is 13.1. The summed E-state index contributed by atoms with van der Waals surface area (Å²) in [5.74, 6) is -0.108. The Hall–Kier alpha value is -2.30. The van der Waals surface area contributed by atoms with E-state index >= 15 is 0 Å². The van der Waals surface area contributed by atoms with Crippen LogP contribution in [-0.2, 0) is 5.41 Å². The summed E-state index contributed by atoms with van der Waals surface area (Å²) in [5.41, 5.74) is 9.12. The average Bonchev–Trinajstić information content (AvgIpc) is 3.09. The number of fused-ring (bicyclic) bond motifs is 5. The van der Waals surface area contributed by atoms with Gasteiger partial charge in [0, 0.05) is 22.2 Å². The molecule has 0 aliphatic heterocycles. The molecule has 0 spiro atoms. The lowest BCUT2D eigenvalue weighted by atomic mass is 9.70. The molecule has 4 rings (SSSR count). The molecular weight excluding hydrogens is 314 g/mol. The lowest BCUT2D eigenvalue weighted by molar-refractivity contribution is 0.100. The van der Waals surface area contributed by atoms with Crippen molar-refractivity contribution in [1.29, 1.82) is 0 Å². The lowest BCUT2D eigenvalue weighted by Crippen LogP contribution is -2.33. The van der Waals surface area contributed by atoms with Crippen molar-refractivity contribution in [2.75, 3.05) is 0 Å². The highest BCUT2D eigenvalue weighted by Gasteiger charge is 2.61. The van der Waals surface area contributed by atoms with Crippen molar-refractivity contribution in [3.8, 4) is 0 Å². The normalized spacial score (nSPS) is 27.3. The summed E-state index contributed by atoms with van der Waals surface area (Å²) in [5, 5.41) is 3.44. The van der Waals surface area contributed by atoms with E-state index in [1.165, 1.54) is 0 Å². The summed E-state index contributed by atoms with van der Waals surface area (Å²) >= 11 is 0. The largest absolute Gasteiger partial charge is 0.366 e. The lowest BCUT2D eigenvalue weighted by Gasteiger charge is -2.35. The third-order valence-electron chi connectivity index (χ3n) is 7.14. The second-order valence-electron chi connectivity index (χ2n) is 8.38. The van der Waals surface area contributed by atoms with Gasteiger partial charge in [-0.3, -0.25) is 14.7 Å². The Morgan fingerprint density at radius 1 is 1.28 bits per heavy atom. The minimum Gasteiger partial charge on any atom is -0.366 e. The van der Waals surface area contributed by atoms with Gasteiger partial charge in [-0.2, -0.15) is 0 Å². The molecule has 2 aliphatic carbocycles. The van der Waals surface area contributed by atoms with Gasteiger partial charge in [0.05, 0.1) is 6.04 Å². The summed E-state index contributed by atoms with van der Waals surface area (Å²) in [6, 6.07) is 7.03. The van der Waals surface area contributed by atoms with Crippen molar-refractivity contribution < 1.29 is 4.79 Å². The third-order valence-corrected chi connectivity index (χ3v) is 7.14. The smallest absolute Gasteiger partial charge is 0.270 e. The Kier molecular flexibility index (Phi) is 3.15. The van der Waals surface area contributed by atoms with Crippen LogP contribution in [0.3, 0.4) is 0 Å². The number of nitrogens with two attached hydrogens (primary N) is 1. The topological polar surface area (TPSA) is 80.9 Å². The van der Waals surface area contributed by atoms with E-state index in [0.29, 0.717) is 11.5 Å². The van der Waals surface area contributed by atoms with E-state index in [0.717, 1.165) is 29.7 Å². The van der Waals surface area contributed by atoms with Gasteiger partial charge in [-0.1, -0.05) is 32.9 Å². The predicted molar refractivity (Wildman–Crippen MR) is 96.9 cm³/mol. The number of aromatic nitrogens is 2. The van der Waals surface area contributed by atoms with Gasteiger partial charge in [-0.05, 0) is 48.8 Å². The second kappa shape index (κ2) is 4.87. The molecule has 5 heteroatoms. The van der Waals surface area contributed by atoms with E-state index in [1.54, 1.807) is 16.8 Å². The van der Waals surface area contributed by atoms with Crippen molar-refractivity contribution in [3.63, 3.8) is 0 Å². The summed E-state index contributed by atoms with van der Waals surface area (Å²) in [6.07, 6.45) is 2.21. The first kappa shape index (κ1) is 16.2. The number of carbonyl (C=O) groups excluding carboxylic acids is 1. The number of H-pyrrole nitrogens is 1. The third kappa shape index (κ3) is 1.89. The minimum absolute atomic E-state index is 0.0347. The van der Waals surface area contributed by atoms with Gasteiger partial charge in [0.2, 0.25) is 5.91 Å². The van der Waals surface area contributed by atoms with Crippen LogP contribution in [0.15, 0.2) is 29.1 Å². The quantitative estimate of drug-likeness (QED) is 0.901. The van der Waals surface area contributed by atoms with Gasteiger partial charge in [0.15, 0.2) is 0 Å². The fourth-order valence-corrected chi connectivity index (χ4v) is 5.01. The molecule has 3 N–H and O–H groups in total. The molecule has 132 valence electrons. The Balaban J connectivity index is 1.76. The standard InChI is InChI=1S/C20H25N3O2/c1-11(12-5-7-13(8-6-12)17(21)24)23-18(25)15-14-9-10-20(4,16(15)22-23)19(14,2)3/h5-8,11,14,22H,9-10H2,1-4H3,(H2,21,24)/t11?,14-,20+/m1/s1. The molecule has 1 heterocycles. The number of benzene rings is 1. The molecular formula is C20H25N3O2. The molecule has 2 bridgehead atoms. The first-order valence-corrected chi connectivity index (χ1v) is 8.93. The van der Waals surface area contributed by atoms with Gasteiger partial charge in [0.1, 0.15) is 0 Å². The summed E-state index contributed by atoms with van der Waals surface area (Å²) in [4.78, 5) is 24.4. The van der Waals surface area contributed by atoms with Crippen LogP contribution in [0.2, 0.25) is 0 Å². The van der Waals surface area contributed by atoms with Crippen molar-refractivity contribution >= 4 is 5.91 Å². The monoisotopic (exact) mass is 339 g/mol. The highest BCUT2D eigenvalue weighted by Crippen LogP contribution is 2.66. The van der Waals surface area contributed by atoms with Crippen molar-refractivity contribution in [2.45, 2.75) is 57.9 Å². The Labute approximate surface area is 147 Å². The van der Waals surface area contributed by atoms with Crippen molar-refractivity contribution in [1.82, 2.24) is 9.78 Å². The number of amides is 1. The molecule has 1 saturated carbocycles. The Morgan fingerprint density at radius 2 is 1.92 bits per heavy atom. The first-order valence-electron chi connectivity index (χ1n) is 8.93. The minimum atomic E-state index is -0.443. The second-order valence-corrected chi connectivity index (χ2v) is 8.38. The number of nitrogens with one attached hydrogen (secondary N) is 1. The predicted octanol–water partition coefficient (Wildman–Crippen LogP) is 3.06. The summed E-state index contributed by atoms with van der Waals surface area (Å²) in [7, 11) is 0. The highest BCUT2D eigenvalue weighted by molar-refractivity contribution is 5.92. The molecule has 1 unspecified atom stereocenters. The van der Waals surface area contributed by atoms with E-state index in [1.807, 2.05) is 19.1 Å². The van der Waals surface area contributed by atoms with Crippen LogP contribution in [0.4, 0.5) is 0 Å². The number of primary amides is 1.